The minimum absolute atomic E-state index is 0.174. The molecule has 18 heavy (non-hydrogen) atoms. The lowest BCUT2D eigenvalue weighted by Crippen LogP contribution is -2.23. The zero-order valence-electron chi connectivity index (χ0n) is 10.8. The number of hydrogen-bond donors (Lipinski definition) is 2. The van der Waals surface area contributed by atoms with Gasteiger partial charge in [-0.2, -0.15) is 0 Å². The normalized spacial score (nSPS) is 21.3. The molecule has 0 amide bonds. The van der Waals surface area contributed by atoms with Crippen molar-refractivity contribution in [2.24, 2.45) is 11.7 Å². The summed E-state index contributed by atoms with van der Waals surface area (Å²) in [5.74, 6) is 0.290. The van der Waals surface area contributed by atoms with Crippen molar-refractivity contribution < 1.29 is 9.50 Å². The Hall–Kier alpha value is -1.13. The molecule has 0 radical (unpaired) electrons. The number of nitrogens with two attached hydrogens (primary N) is 1. The van der Waals surface area contributed by atoms with Crippen molar-refractivity contribution in [3.8, 4) is 0 Å². The summed E-state index contributed by atoms with van der Waals surface area (Å²) in [4.78, 5) is 2.25. The van der Waals surface area contributed by atoms with E-state index in [1.165, 1.54) is 12.1 Å². The number of anilines is 1. The lowest BCUT2D eigenvalue weighted by atomic mass is 10.0. The van der Waals surface area contributed by atoms with Crippen LogP contribution in [0, 0.1) is 11.7 Å². The number of benzene rings is 1. The maximum absolute atomic E-state index is 13.3. The Kier molecular flexibility index (Phi) is 4.19. The molecule has 3 nitrogen and oxygen atoms in total. The third kappa shape index (κ3) is 2.82. The van der Waals surface area contributed by atoms with Crippen molar-refractivity contribution in [1.29, 1.82) is 0 Å². The lowest BCUT2D eigenvalue weighted by molar-refractivity contribution is 0.263. The summed E-state index contributed by atoms with van der Waals surface area (Å²) < 4.78 is 13.3. The zero-order valence-corrected chi connectivity index (χ0v) is 10.8. The summed E-state index contributed by atoms with van der Waals surface area (Å²) in [5.41, 5.74) is 7.81. The molecule has 2 unspecified atom stereocenters. The smallest absolute Gasteiger partial charge is 0.123 e. The minimum Gasteiger partial charge on any atom is -0.396 e. The average Bonchev–Trinajstić information content (AvgIpc) is 2.78. The molecule has 100 valence electrons. The average molecular weight is 252 g/mol. The number of halogens is 1. The third-order valence-electron chi connectivity index (χ3n) is 3.64. The van der Waals surface area contributed by atoms with E-state index in [0.717, 1.165) is 37.2 Å². The predicted molar refractivity (Wildman–Crippen MR) is 71.0 cm³/mol. The van der Waals surface area contributed by atoms with Crippen molar-refractivity contribution in [2.45, 2.75) is 25.8 Å². The minimum atomic E-state index is -0.239. The summed E-state index contributed by atoms with van der Waals surface area (Å²) in [7, 11) is 0. The molecule has 2 atom stereocenters. The zero-order chi connectivity index (χ0) is 13.1. The molecule has 0 saturated carbocycles. The van der Waals surface area contributed by atoms with Crippen LogP contribution in [-0.4, -0.2) is 24.8 Å². The molecule has 1 fully saturated rings. The quantitative estimate of drug-likeness (QED) is 0.862. The van der Waals surface area contributed by atoms with Gasteiger partial charge in [0.2, 0.25) is 0 Å². The summed E-state index contributed by atoms with van der Waals surface area (Å²) in [6.07, 6.45) is 1.92. The Labute approximate surface area is 107 Å². The largest absolute Gasteiger partial charge is 0.396 e. The van der Waals surface area contributed by atoms with E-state index < -0.39 is 0 Å². The molecule has 1 saturated heterocycles. The van der Waals surface area contributed by atoms with Crippen LogP contribution in [0.25, 0.3) is 0 Å². The van der Waals surface area contributed by atoms with Gasteiger partial charge in [0.1, 0.15) is 5.82 Å². The standard InChI is InChI=1S/C14H21FN2O/c1-10(16)13-8-12(15)2-3-14(13)17-6-4-11(9-17)5-7-18/h2-3,8,10-11,18H,4-7,9,16H2,1H3. The fourth-order valence-corrected chi connectivity index (χ4v) is 2.65. The number of aliphatic hydroxyl groups excluding tert-OH is 1. The fourth-order valence-electron chi connectivity index (χ4n) is 2.65. The summed E-state index contributed by atoms with van der Waals surface area (Å²) in [5, 5.41) is 8.97. The van der Waals surface area contributed by atoms with Crippen LogP contribution < -0.4 is 10.6 Å². The van der Waals surface area contributed by atoms with Gasteiger partial charge in [-0.1, -0.05) is 0 Å². The highest BCUT2D eigenvalue weighted by molar-refractivity contribution is 5.55. The molecule has 1 heterocycles. The van der Waals surface area contributed by atoms with Gasteiger partial charge in [-0.3, -0.25) is 0 Å². The monoisotopic (exact) mass is 252 g/mol. The summed E-state index contributed by atoms with van der Waals surface area (Å²) in [6.45, 7) is 3.99. The lowest BCUT2D eigenvalue weighted by Gasteiger charge is -2.23. The van der Waals surface area contributed by atoms with Crippen LogP contribution in [0.1, 0.15) is 31.4 Å². The maximum atomic E-state index is 13.3. The second-order valence-electron chi connectivity index (χ2n) is 5.10. The first-order valence-electron chi connectivity index (χ1n) is 6.52. The van der Waals surface area contributed by atoms with Crippen molar-refractivity contribution in [3.05, 3.63) is 29.6 Å². The van der Waals surface area contributed by atoms with Gasteiger partial charge in [0.15, 0.2) is 0 Å². The highest BCUT2D eigenvalue weighted by Crippen LogP contribution is 2.31. The molecular weight excluding hydrogens is 231 g/mol. The first-order valence-corrected chi connectivity index (χ1v) is 6.52. The van der Waals surface area contributed by atoms with E-state index in [9.17, 15) is 4.39 Å². The van der Waals surface area contributed by atoms with Gasteiger partial charge in [0, 0.05) is 31.4 Å². The van der Waals surface area contributed by atoms with Crippen LogP contribution in [0.2, 0.25) is 0 Å². The van der Waals surface area contributed by atoms with E-state index >= 15 is 0 Å². The SMILES string of the molecule is CC(N)c1cc(F)ccc1N1CCC(CCO)C1. The highest BCUT2D eigenvalue weighted by atomic mass is 19.1. The molecule has 3 N–H and O–H groups in total. The summed E-state index contributed by atoms with van der Waals surface area (Å²) in [6, 6.07) is 4.66. The Balaban J connectivity index is 2.18. The molecule has 4 heteroatoms. The molecular formula is C14H21FN2O. The third-order valence-corrected chi connectivity index (χ3v) is 3.64. The summed E-state index contributed by atoms with van der Waals surface area (Å²) >= 11 is 0. The van der Waals surface area contributed by atoms with E-state index in [4.69, 9.17) is 10.8 Å². The van der Waals surface area contributed by atoms with Crippen LogP contribution in [0.5, 0.6) is 0 Å². The van der Waals surface area contributed by atoms with E-state index in [-0.39, 0.29) is 18.5 Å². The van der Waals surface area contributed by atoms with E-state index in [1.807, 2.05) is 13.0 Å². The van der Waals surface area contributed by atoms with Crippen LogP contribution in [0.4, 0.5) is 10.1 Å². The topological polar surface area (TPSA) is 49.5 Å². The second kappa shape index (κ2) is 5.67. The molecule has 0 spiro atoms. The van der Waals surface area contributed by atoms with E-state index in [0.29, 0.717) is 5.92 Å². The van der Waals surface area contributed by atoms with Crippen molar-refractivity contribution in [1.82, 2.24) is 0 Å². The molecule has 0 aliphatic carbocycles. The predicted octanol–water partition coefficient (Wildman–Crippen LogP) is 2.05. The van der Waals surface area contributed by atoms with Crippen LogP contribution in [0.15, 0.2) is 18.2 Å². The number of rotatable bonds is 4. The van der Waals surface area contributed by atoms with Gasteiger partial charge in [0.25, 0.3) is 0 Å². The Morgan fingerprint density at radius 3 is 3.00 bits per heavy atom. The van der Waals surface area contributed by atoms with Gasteiger partial charge in [0.05, 0.1) is 0 Å². The maximum Gasteiger partial charge on any atom is 0.123 e. The second-order valence-corrected chi connectivity index (χ2v) is 5.10. The number of aliphatic hydroxyl groups is 1. The van der Waals surface area contributed by atoms with Crippen molar-refractivity contribution in [2.75, 3.05) is 24.6 Å². The molecule has 1 aromatic rings. The molecule has 2 rings (SSSR count). The van der Waals surface area contributed by atoms with Crippen LogP contribution >= 0.6 is 0 Å². The van der Waals surface area contributed by atoms with Gasteiger partial charge >= 0.3 is 0 Å². The molecule has 1 aromatic carbocycles. The highest BCUT2D eigenvalue weighted by Gasteiger charge is 2.24. The molecule has 0 bridgehead atoms. The Bertz CT molecular complexity index is 409. The van der Waals surface area contributed by atoms with Crippen molar-refractivity contribution in [3.63, 3.8) is 0 Å². The van der Waals surface area contributed by atoms with Gasteiger partial charge in [-0.05, 0) is 49.4 Å². The number of hydrogen-bond acceptors (Lipinski definition) is 3. The van der Waals surface area contributed by atoms with Crippen molar-refractivity contribution >= 4 is 5.69 Å². The van der Waals surface area contributed by atoms with E-state index in [2.05, 4.69) is 4.90 Å². The molecule has 1 aliphatic heterocycles. The molecule has 0 aromatic heterocycles. The van der Waals surface area contributed by atoms with Crippen LogP contribution in [0.3, 0.4) is 0 Å². The Morgan fingerprint density at radius 2 is 2.33 bits per heavy atom. The van der Waals surface area contributed by atoms with Gasteiger partial charge in [-0.25, -0.2) is 4.39 Å². The molecule has 1 aliphatic rings. The Morgan fingerprint density at radius 1 is 1.56 bits per heavy atom. The van der Waals surface area contributed by atoms with Gasteiger partial charge in [-0.15, -0.1) is 0 Å². The fraction of sp³-hybridized carbons (Fsp3) is 0.571. The van der Waals surface area contributed by atoms with E-state index in [1.54, 1.807) is 0 Å². The van der Waals surface area contributed by atoms with Crippen LogP contribution in [-0.2, 0) is 0 Å². The first kappa shape index (κ1) is 13.3. The number of nitrogens with zero attached hydrogens (tertiary/aromatic N) is 1. The van der Waals surface area contributed by atoms with Gasteiger partial charge < -0.3 is 15.7 Å². The first-order chi connectivity index (χ1) is 8.61.